The van der Waals surface area contributed by atoms with Crippen LogP contribution in [0.25, 0.3) is 0 Å². The Bertz CT molecular complexity index is 582. The van der Waals surface area contributed by atoms with Crippen molar-refractivity contribution in [1.82, 2.24) is 0 Å². The number of anilines is 1. The van der Waals surface area contributed by atoms with E-state index in [0.717, 1.165) is 6.42 Å². The number of carbonyl (C=O) groups excluding carboxylic acids is 1. The zero-order chi connectivity index (χ0) is 15.3. The van der Waals surface area contributed by atoms with E-state index in [1.54, 1.807) is 0 Å². The fourth-order valence-corrected chi connectivity index (χ4v) is 2.30. The third-order valence-corrected chi connectivity index (χ3v) is 3.65. The maximum atomic E-state index is 11.7. The van der Waals surface area contributed by atoms with E-state index in [4.69, 9.17) is 9.88 Å². The van der Waals surface area contributed by atoms with Crippen LogP contribution in [0, 0.1) is 5.92 Å². The van der Waals surface area contributed by atoms with Gasteiger partial charge in [0.2, 0.25) is 15.9 Å². The molecule has 0 saturated heterocycles. The van der Waals surface area contributed by atoms with Crippen LogP contribution in [0.3, 0.4) is 0 Å². The second-order valence-corrected chi connectivity index (χ2v) is 6.42. The molecule has 0 aromatic heterocycles. The lowest BCUT2D eigenvalue weighted by molar-refractivity contribution is -0.116. The lowest BCUT2D eigenvalue weighted by Crippen LogP contribution is -2.15. The minimum Gasteiger partial charge on any atom is -0.495 e. The van der Waals surface area contributed by atoms with Gasteiger partial charge in [-0.2, -0.15) is 0 Å². The van der Waals surface area contributed by atoms with Crippen LogP contribution in [0.4, 0.5) is 5.69 Å². The number of hydrogen-bond acceptors (Lipinski definition) is 4. The van der Waals surface area contributed by atoms with E-state index in [1.807, 2.05) is 13.8 Å². The van der Waals surface area contributed by atoms with Crippen LogP contribution in [0.15, 0.2) is 23.1 Å². The maximum Gasteiger partial charge on any atom is 0.241 e. The van der Waals surface area contributed by atoms with Crippen LogP contribution in [0.1, 0.15) is 26.7 Å². The quantitative estimate of drug-likeness (QED) is 0.835. The third-order valence-electron chi connectivity index (χ3n) is 2.70. The minimum absolute atomic E-state index is 0.106. The molecule has 1 rings (SSSR count). The first kappa shape index (κ1) is 16.5. The van der Waals surface area contributed by atoms with Crippen molar-refractivity contribution in [2.24, 2.45) is 11.1 Å². The van der Waals surface area contributed by atoms with Crippen molar-refractivity contribution in [3.05, 3.63) is 18.2 Å². The number of nitrogens with one attached hydrogen (secondary N) is 1. The van der Waals surface area contributed by atoms with E-state index >= 15 is 0 Å². The Hall–Kier alpha value is -1.60. The molecule has 0 fully saturated rings. The number of ether oxygens (including phenoxy) is 1. The number of benzene rings is 1. The first-order valence-corrected chi connectivity index (χ1v) is 7.79. The van der Waals surface area contributed by atoms with Crippen molar-refractivity contribution < 1.29 is 17.9 Å². The van der Waals surface area contributed by atoms with Gasteiger partial charge >= 0.3 is 0 Å². The van der Waals surface area contributed by atoms with Gasteiger partial charge in [-0.1, -0.05) is 13.8 Å². The van der Waals surface area contributed by atoms with Crippen molar-refractivity contribution in [1.29, 1.82) is 0 Å². The molecule has 112 valence electrons. The molecule has 0 aliphatic heterocycles. The zero-order valence-corrected chi connectivity index (χ0v) is 12.7. The molecule has 0 aliphatic rings. The van der Waals surface area contributed by atoms with Crippen molar-refractivity contribution in [2.45, 2.75) is 31.6 Å². The number of rotatable bonds is 6. The molecule has 1 aromatic carbocycles. The van der Waals surface area contributed by atoms with Gasteiger partial charge in [0.05, 0.1) is 7.11 Å². The van der Waals surface area contributed by atoms with Crippen molar-refractivity contribution in [3.8, 4) is 5.75 Å². The molecule has 3 N–H and O–H groups in total. The molecule has 7 heteroatoms. The van der Waals surface area contributed by atoms with E-state index in [9.17, 15) is 13.2 Å². The smallest absolute Gasteiger partial charge is 0.241 e. The van der Waals surface area contributed by atoms with Crippen LogP contribution in [-0.2, 0) is 14.8 Å². The van der Waals surface area contributed by atoms with Gasteiger partial charge in [0.25, 0.3) is 0 Å². The van der Waals surface area contributed by atoms with Crippen molar-refractivity contribution in [2.75, 3.05) is 12.4 Å². The van der Waals surface area contributed by atoms with Crippen LogP contribution >= 0.6 is 0 Å². The molecule has 1 aromatic rings. The molecular formula is C13H20N2O4S. The summed E-state index contributed by atoms with van der Waals surface area (Å²) in [5, 5.41) is 7.77. The number of sulfonamides is 1. The van der Waals surface area contributed by atoms with Crippen LogP contribution in [-0.4, -0.2) is 21.4 Å². The van der Waals surface area contributed by atoms with Gasteiger partial charge in [-0.3, -0.25) is 4.79 Å². The highest BCUT2D eigenvalue weighted by molar-refractivity contribution is 7.89. The summed E-state index contributed by atoms with van der Waals surface area (Å²) in [6.07, 6.45) is 1.20. The molecule has 0 spiro atoms. The molecule has 0 heterocycles. The highest BCUT2D eigenvalue weighted by atomic mass is 32.2. The summed E-state index contributed by atoms with van der Waals surface area (Å²) in [5.74, 6) is 0.429. The molecule has 0 saturated carbocycles. The topological polar surface area (TPSA) is 98.5 Å². The van der Waals surface area contributed by atoms with Gasteiger partial charge in [-0.25, -0.2) is 13.6 Å². The average molecular weight is 300 g/mol. The van der Waals surface area contributed by atoms with Gasteiger partial charge in [0, 0.05) is 18.2 Å². The second kappa shape index (κ2) is 6.71. The number of amides is 1. The number of hydrogen-bond donors (Lipinski definition) is 2. The summed E-state index contributed by atoms with van der Waals surface area (Å²) < 4.78 is 27.6. The zero-order valence-electron chi connectivity index (χ0n) is 11.8. The molecule has 6 nitrogen and oxygen atoms in total. The molecule has 0 bridgehead atoms. The van der Waals surface area contributed by atoms with E-state index < -0.39 is 10.0 Å². The van der Waals surface area contributed by atoms with Crippen molar-refractivity contribution >= 4 is 21.6 Å². The predicted octanol–water partition coefficient (Wildman–Crippen LogP) is 1.72. The summed E-state index contributed by atoms with van der Waals surface area (Å²) in [6, 6.07) is 4.23. The highest BCUT2D eigenvalue weighted by Crippen LogP contribution is 2.26. The van der Waals surface area contributed by atoms with Crippen LogP contribution < -0.4 is 15.2 Å². The Kier molecular flexibility index (Phi) is 5.52. The Morgan fingerprint density at radius 2 is 2.05 bits per heavy atom. The van der Waals surface area contributed by atoms with Gasteiger partial charge in [0.1, 0.15) is 10.6 Å². The average Bonchev–Trinajstić information content (AvgIpc) is 2.34. The van der Waals surface area contributed by atoms with Crippen LogP contribution in [0.5, 0.6) is 5.75 Å². The minimum atomic E-state index is -3.85. The Morgan fingerprint density at radius 3 is 2.55 bits per heavy atom. The first-order chi connectivity index (χ1) is 9.24. The Balaban J connectivity index is 2.86. The SMILES string of the molecule is COc1cc(NC(=O)CCC(C)C)ccc1S(N)(=O)=O. The van der Waals surface area contributed by atoms with E-state index in [-0.39, 0.29) is 16.6 Å². The normalized spacial score (nSPS) is 11.4. The molecule has 0 unspecified atom stereocenters. The fourth-order valence-electron chi connectivity index (χ4n) is 1.62. The summed E-state index contributed by atoms with van der Waals surface area (Å²) in [5.41, 5.74) is 0.475. The van der Waals surface area contributed by atoms with Gasteiger partial charge in [0.15, 0.2) is 0 Å². The number of methoxy groups -OCH3 is 1. The van der Waals surface area contributed by atoms with E-state index in [0.29, 0.717) is 18.0 Å². The monoisotopic (exact) mass is 300 g/mol. The summed E-state index contributed by atoms with van der Waals surface area (Å²) in [4.78, 5) is 11.6. The Labute approximate surface area is 119 Å². The molecule has 0 aliphatic carbocycles. The molecule has 0 radical (unpaired) electrons. The molecular weight excluding hydrogens is 280 g/mol. The summed E-state index contributed by atoms with van der Waals surface area (Å²) in [7, 11) is -2.51. The fraction of sp³-hybridized carbons (Fsp3) is 0.462. The first-order valence-electron chi connectivity index (χ1n) is 6.24. The lowest BCUT2D eigenvalue weighted by Gasteiger charge is -2.10. The van der Waals surface area contributed by atoms with Crippen molar-refractivity contribution in [3.63, 3.8) is 0 Å². The largest absolute Gasteiger partial charge is 0.495 e. The third kappa shape index (κ3) is 4.82. The second-order valence-electron chi connectivity index (χ2n) is 4.89. The van der Waals surface area contributed by atoms with E-state index in [2.05, 4.69) is 5.32 Å². The Morgan fingerprint density at radius 1 is 1.40 bits per heavy atom. The number of nitrogens with two attached hydrogens (primary N) is 1. The number of carbonyl (C=O) groups is 1. The molecule has 1 amide bonds. The molecule has 0 atom stereocenters. The summed E-state index contributed by atoms with van der Waals surface area (Å²) in [6.45, 7) is 4.08. The molecule has 20 heavy (non-hydrogen) atoms. The summed E-state index contributed by atoms with van der Waals surface area (Å²) >= 11 is 0. The maximum absolute atomic E-state index is 11.7. The number of primary sulfonamides is 1. The lowest BCUT2D eigenvalue weighted by atomic mass is 10.1. The standard InChI is InChI=1S/C13H20N2O4S/c1-9(2)4-7-13(16)15-10-5-6-12(20(14,17)18)11(8-10)19-3/h5-6,8-9H,4,7H2,1-3H3,(H,15,16)(H2,14,17,18). The predicted molar refractivity (Wildman–Crippen MR) is 77.1 cm³/mol. The van der Waals surface area contributed by atoms with Gasteiger partial charge in [-0.15, -0.1) is 0 Å². The van der Waals surface area contributed by atoms with Gasteiger partial charge < -0.3 is 10.1 Å². The van der Waals surface area contributed by atoms with Crippen LogP contribution in [0.2, 0.25) is 0 Å². The van der Waals surface area contributed by atoms with E-state index in [1.165, 1.54) is 25.3 Å². The van der Waals surface area contributed by atoms with Gasteiger partial charge in [-0.05, 0) is 24.5 Å². The highest BCUT2D eigenvalue weighted by Gasteiger charge is 2.15.